The van der Waals surface area contributed by atoms with Gasteiger partial charge in [0.25, 0.3) is 0 Å². The van der Waals surface area contributed by atoms with Crippen molar-refractivity contribution in [1.82, 2.24) is 20.9 Å². The Balaban J connectivity index is 0.00000289. The third-order valence-corrected chi connectivity index (χ3v) is 2.21. The number of halogens is 1. The zero-order valence-electron chi connectivity index (χ0n) is 10.8. The van der Waals surface area contributed by atoms with E-state index < -0.39 is 0 Å². The van der Waals surface area contributed by atoms with Gasteiger partial charge in [0, 0.05) is 26.2 Å². The number of nitrogens with zero attached hydrogens (tertiary/aromatic N) is 2. The van der Waals surface area contributed by atoms with Gasteiger partial charge in [-0.05, 0) is 13.8 Å². The lowest BCUT2D eigenvalue weighted by atomic mass is 10.4. The van der Waals surface area contributed by atoms with Crippen LogP contribution in [0.25, 0.3) is 0 Å². The summed E-state index contributed by atoms with van der Waals surface area (Å²) in [6.45, 7) is 4.92. The van der Waals surface area contributed by atoms with E-state index in [-0.39, 0.29) is 48.5 Å². The van der Waals surface area contributed by atoms with E-state index in [0.29, 0.717) is 19.0 Å². The zero-order valence-corrected chi connectivity index (χ0v) is 13.1. The minimum atomic E-state index is -0.330. The summed E-state index contributed by atoms with van der Waals surface area (Å²) in [5, 5.41) is 8.61. The number of carbonyl (C=O) groups is 2. The van der Waals surface area contributed by atoms with Crippen LogP contribution in [-0.2, 0) is 4.79 Å². The van der Waals surface area contributed by atoms with Crippen LogP contribution in [-0.4, -0.2) is 55.5 Å². The number of amides is 3. The Hall–Kier alpha value is -1.06. The largest absolute Gasteiger partial charge is 0.355 e. The maximum atomic E-state index is 11.3. The predicted octanol–water partition coefficient (Wildman–Crippen LogP) is -0.270. The standard InChI is InChI=1S/C10H19N5O2.HI/c1-7(2)14-9(11-3)12-4-5-15-8(16)6-13-10(15)17;/h7H,4-6H2,1-3H3,(H,13,17)(H2,11,12,14);1H. The Morgan fingerprint density at radius 2 is 2.17 bits per heavy atom. The predicted molar refractivity (Wildman–Crippen MR) is 80.2 cm³/mol. The molecule has 1 aliphatic heterocycles. The highest BCUT2D eigenvalue weighted by Gasteiger charge is 2.27. The first-order valence-corrected chi connectivity index (χ1v) is 5.60. The number of guanidine groups is 1. The van der Waals surface area contributed by atoms with Gasteiger partial charge in [-0.15, -0.1) is 24.0 Å². The van der Waals surface area contributed by atoms with E-state index >= 15 is 0 Å². The molecule has 7 nitrogen and oxygen atoms in total. The van der Waals surface area contributed by atoms with Crippen LogP contribution in [0, 0.1) is 0 Å². The second kappa shape index (κ2) is 8.11. The quantitative estimate of drug-likeness (QED) is 0.276. The van der Waals surface area contributed by atoms with Crippen molar-refractivity contribution >= 4 is 41.9 Å². The average Bonchev–Trinajstić information content (AvgIpc) is 2.58. The van der Waals surface area contributed by atoms with Gasteiger partial charge in [-0.2, -0.15) is 0 Å². The van der Waals surface area contributed by atoms with Crippen LogP contribution in [0.2, 0.25) is 0 Å². The molecule has 0 aliphatic carbocycles. The maximum Gasteiger partial charge on any atom is 0.324 e. The molecule has 18 heavy (non-hydrogen) atoms. The molecule has 0 atom stereocenters. The molecule has 0 bridgehead atoms. The number of carbonyl (C=O) groups excluding carboxylic acids is 2. The lowest BCUT2D eigenvalue weighted by molar-refractivity contribution is -0.124. The fourth-order valence-electron chi connectivity index (χ4n) is 1.44. The lowest BCUT2D eigenvalue weighted by Gasteiger charge is -2.16. The van der Waals surface area contributed by atoms with Gasteiger partial charge in [0.1, 0.15) is 0 Å². The van der Waals surface area contributed by atoms with E-state index in [1.54, 1.807) is 7.05 Å². The zero-order chi connectivity index (χ0) is 12.8. The fraction of sp³-hybridized carbons (Fsp3) is 0.700. The van der Waals surface area contributed by atoms with Gasteiger partial charge in [0.05, 0.1) is 6.54 Å². The van der Waals surface area contributed by atoms with Crippen LogP contribution in [0.4, 0.5) is 4.79 Å². The van der Waals surface area contributed by atoms with Crippen LogP contribution in [0.3, 0.4) is 0 Å². The van der Waals surface area contributed by atoms with Crippen molar-refractivity contribution < 1.29 is 9.59 Å². The molecule has 1 aliphatic rings. The summed E-state index contributed by atoms with van der Waals surface area (Å²) in [6.07, 6.45) is 0. The van der Waals surface area contributed by atoms with Crippen molar-refractivity contribution in [3.05, 3.63) is 0 Å². The van der Waals surface area contributed by atoms with Gasteiger partial charge in [-0.25, -0.2) is 4.79 Å². The molecule has 8 heteroatoms. The SMILES string of the molecule is CN=C(NCCN1C(=O)CNC1=O)NC(C)C.I. The minimum Gasteiger partial charge on any atom is -0.355 e. The van der Waals surface area contributed by atoms with E-state index in [1.807, 2.05) is 13.8 Å². The normalized spacial score (nSPS) is 15.6. The molecule has 0 aromatic carbocycles. The molecule has 104 valence electrons. The Kier molecular flexibility index (Phi) is 7.64. The molecule has 0 unspecified atom stereocenters. The van der Waals surface area contributed by atoms with Crippen molar-refractivity contribution in [2.75, 3.05) is 26.7 Å². The minimum absolute atomic E-state index is 0. The molecule has 0 radical (unpaired) electrons. The van der Waals surface area contributed by atoms with Gasteiger partial charge in [0.15, 0.2) is 5.96 Å². The van der Waals surface area contributed by atoms with Crippen LogP contribution < -0.4 is 16.0 Å². The Labute approximate surface area is 124 Å². The summed E-state index contributed by atoms with van der Waals surface area (Å²) in [5.41, 5.74) is 0. The number of rotatable bonds is 4. The molecular weight excluding hydrogens is 349 g/mol. The van der Waals surface area contributed by atoms with Crippen LogP contribution in [0.5, 0.6) is 0 Å². The van der Waals surface area contributed by atoms with E-state index in [1.165, 1.54) is 4.90 Å². The fourth-order valence-corrected chi connectivity index (χ4v) is 1.44. The van der Waals surface area contributed by atoms with E-state index in [0.717, 1.165) is 0 Å². The second-order valence-electron chi connectivity index (χ2n) is 4.00. The Bertz CT molecular complexity index is 316. The topological polar surface area (TPSA) is 85.8 Å². The molecular formula is C10H20IN5O2. The molecule has 1 heterocycles. The molecule has 1 fully saturated rings. The summed E-state index contributed by atoms with van der Waals surface area (Å²) < 4.78 is 0. The molecule has 3 amide bonds. The summed E-state index contributed by atoms with van der Waals surface area (Å²) >= 11 is 0. The number of imide groups is 1. The molecule has 0 aromatic heterocycles. The second-order valence-corrected chi connectivity index (χ2v) is 4.00. The van der Waals surface area contributed by atoms with Crippen molar-refractivity contribution in [2.24, 2.45) is 4.99 Å². The van der Waals surface area contributed by atoms with Crippen molar-refractivity contribution in [1.29, 1.82) is 0 Å². The maximum absolute atomic E-state index is 11.3. The van der Waals surface area contributed by atoms with Crippen LogP contribution >= 0.6 is 24.0 Å². The highest BCUT2D eigenvalue weighted by molar-refractivity contribution is 14.0. The number of aliphatic imine (C=N–C) groups is 1. The third kappa shape index (κ3) is 5.07. The Morgan fingerprint density at radius 1 is 1.50 bits per heavy atom. The highest BCUT2D eigenvalue weighted by Crippen LogP contribution is 1.96. The smallest absolute Gasteiger partial charge is 0.324 e. The molecule has 1 rings (SSSR count). The van der Waals surface area contributed by atoms with E-state index in [2.05, 4.69) is 20.9 Å². The molecule has 0 aromatic rings. The van der Waals surface area contributed by atoms with E-state index in [4.69, 9.17) is 0 Å². The lowest BCUT2D eigenvalue weighted by Crippen LogP contribution is -2.45. The first-order chi connectivity index (χ1) is 8.04. The van der Waals surface area contributed by atoms with E-state index in [9.17, 15) is 9.59 Å². The number of nitrogens with one attached hydrogen (secondary N) is 3. The highest BCUT2D eigenvalue weighted by atomic mass is 127. The number of hydrogen-bond donors (Lipinski definition) is 3. The summed E-state index contributed by atoms with van der Waals surface area (Å²) in [6, 6.07) is -0.0541. The first-order valence-electron chi connectivity index (χ1n) is 5.60. The molecule has 1 saturated heterocycles. The van der Waals surface area contributed by atoms with Crippen molar-refractivity contribution in [2.45, 2.75) is 19.9 Å². The summed E-state index contributed by atoms with van der Waals surface area (Å²) in [4.78, 5) is 27.7. The monoisotopic (exact) mass is 369 g/mol. The number of urea groups is 1. The molecule has 0 saturated carbocycles. The van der Waals surface area contributed by atoms with Gasteiger partial charge < -0.3 is 16.0 Å². The summed E-state index contributed by atoms with van der Waals surface area (Å²) in [5.74, 6) is 0.468. The van der Waals surface area contributed by atoms with Gasteiger partial charge in [-0.3, -0.25) is 14.7 Å². The summed E-state index contributed by atoms with van der Waals surface area (Å²) in [7, 11) is 1.67. The van der Waals surface area contributed by atoms with Crippen LogP contribution in [0.15, 0.2) is 4.99 Å². The first kappa shape index (κ1) is 16.9. The van der Waals surface area contributed by atoms with Crippen LogP contribution in [0.1, 0.15) is 13.8 Å². The molecule has 0 spiro atoms. The van der Waals surface area contributed by atoms with Crippen molar-refractivity contribution in [3.8, 4) is 0 Å². The molecule has 3 N–H and O–H groups in total. The average molecular weight is 369 g/mol. The van der Waals surface area contributed by atoms with Gasteiger partial charge in [-0.1, -0.05) is 0 Å². The third-order valence-electron chi connectivity index (χ3n) is 2.21. The van der Waals surface area contributed by atoms with Crippen molar-refractivity contribution in [3.63, 3.8) is 0 Å². The Morgan fingerprint density at radius 3 is 2.61 bits per heavy atom. The number of hydrogen-bond acceptors (Lipinski definition) is 3. The van der Waals surface area contributed by atoms with Gasteiger partial charge in [0.2, 0.25) is 5.91 Å². The van der Waals surface area contributed by atoms with Gasteiger partial charge >= 0.3 is 6.03 Å².